The lowest BCUT2D eigenvalue weighted by Gasteiger charge is -2.32. The standard InChI is InChI=1S/C12H19N7/c1-10(18-7-3-2-4-8-18)9-13-11-5-6-12-14-16-17-19(12)15-11/h5-6,10H,2-4,7-9H2,1H3,(H,13,15). The van der Waals surface area contributed by atoms with Crippen molar-refractivity contribution >= 4 is 11.5 Å². The third-order valence-electron chi connectivity index (χ3n) is 3.66. The van der Waals surface area contributed by atoms with Crippen LogP contribution in [0.25, 0.3) is 5.65 Å². The molecular formula is C12H19N7. The highest BCUT2D eigenvalue weighted by Gasteiger charge is 2.16. The summed E-state index contributed by atoms with van der Waals surface area (Å²) in [4.78, 5) is 2.53. The van der Waals surface area contributed by atoms with E-state index in [0.717, 1.165) is 12.4 Å². The predicted octanol–water partition coefficient (Wildman–Crippen LogP) is 0.806. The van der Waals surface area contributed by atoms with Crippen LogP contribution in [0.3, 0.4) is 0 Å². The predicted molar refractivity (Wildman–Crippen MR) is 72.0 cm³/mol. The van der Waals surface area contributed by atoms with Gasteiger partial charge in [0.2, 0.25) is 0 Å². The highest BCUT2D eigenvalue weighted by Crippen LogP contribution is 2.12. The second kappa shape index (κ2) is 5.48. The van der Waals surface area contributed by atoms with Gasteiger partial charge in [0.15, 0.2) is 5.65 Å². The van der Waals surface area contributed by atoms with Crippen LogP contribution in [0.4, 0.5) is 5.82 Å². The van der Waals surface area contributed by atoms with Crippen molar-refractivity contribution < 1.29 is 0 Å². The van der Waals surface area contributed by atoms with Crippen LogP contribution in [0, 0.1) is 0 Å². The Morgan fingerprint density at radius 2 is 2.11 bits per heavy atom. The molecule has 1 fully saturated rings. The minimum atomic E-state index is 0.520. The first-order valence-corrected chi connectivity index (χ1v) is 6.86. The summed E-state index contributed by atoms with van der Waals surface area (Å²) >= 11 is 0. The Morgan fingerprint density at radius 3 is 2.95 bits per heavy atom. The first-order chi connectivity index (χ1) is 9.33. The Bertz CT molecular complexity index is 532. The Morgan fingerprint density at radius 1 is 1.26 bits per heavy atom. The average molecular weight is 261 g/mol. The highest BCUT2D eigenvalue weighted by atomic mass is 15.6. The third-order valence-corrected chi connectivity index (χ3v) is 3.66. The van der Waals surface area contributed by atoms with E-state index < -0.39 is 0 Å². The van der Waals surface area contributed by atoms with E-state index in [1.54, 1.807) is 0 Å². The maximum absolute atomic E-state index is 4.30. The third kappa shape index (κ3) is 2.81. The second-order valence-electron chi connectivity index (χ2n) is 5.07. The maximum Gasteiger partial charge on any atom is 0.200 e. The average Bonchev–Trinajstić information content (AvgIpc) is 2.93. The summed E-state index contributed by atoms with van der Waals surface area (Å²) in [6.07, 6.45) is 4.01. The number of aromatic nitrogens is 5. The summed E-state index contributed by atoms with van der Waals surface area (Å²) < 4.78 is 1.44. The lowest BCUT2D eigenvalue weighted by atomic mass is 10.1. The first kappa shape index (κ1) is 12.3. The molecule has 1 unspecified atom stereocenters. The molecule has 7 heteroatoms. The molecule has 3 heterocycles. The summed E-state index contributed by atoms with van der Waals surface area (Å²) in [6.45, 7) is 5.57. The van der Waals surface area contributed by atoms with E-state index in [9.17, 15) is 0 Å². The van der Waals surface area contributed by atoms with E-state index in [0.29, 0.717) is 11.7 Å². The van der Waals surface area contributed by atoms with Gasteiger partial charge < -0.3 is 5.32 Å². The van der Waals surface area contributed by atoms with Gasteiger partial charge in [0.1, 0.15) is 5.82 Å². The fraction of sp³-hybridized carbons (Fsp3) is 0.667. The van der Waals surface area contributed by atoms with Crippen molar-refractivity contribution in [3.63, 3.8) is 0 Å². The van der Waals surface area contributed by atoms with Crippen molar-refractivity contribution in [3.8, 4) is 0 Å². The molecule has 7 nitrogen and oxygen atoms in total. The van der Waals surface area contributed by atoms with E-state index in [2.05, 4.69) is 37.8 Å². The zero-order valence-electron chi connectivity index (χ0n) is 11.2. The van der Waals surface area contributed by atoms with Crippen LogP contribution >= 0.6 is 0 Å². The second-order valence-corrected chi connectivity index (χ2v) is 5.07. The number of nitrogens with one attached hydrogen (secondary N) is 1. The molecule has 1 aliphatic heterocycles. The normalized spacial score (nSPS) is 18.6. The van der Waals surface area contributed by atoms with Gasteiger partial charge >= 0.3 is 0 Å². The number of rotatable bonds is 4. The quantitative estimate of drug-likeness (QED) is 0.878. The van der Waals surface area contributed by atoms with Crippen LogP contribution in [0.1, 0.15) is 26.2 Å². The molecule has 0 aliphatic carbocycles. The molecule has 1 saturated heterocycles. The zero-order chi connectivity index (χ0) is 13.1. The van der Waals surface area contributed by atoms with E-state index in [1.165, 1.54) is 37.0 Å². The number of hydrogen-bond donors (Lipinski definition) is 1. The molecule has 102 valence electrons. The fourth-order valence-electron chi connectivity index (χ4n) is 2.48. The topological polar surface area (TPSA) is 71.2 Å². The van der Waals surface area contributed by atoms with Gasteiger partial charge in [-0.25, -0.2) is 0 Å². The Balaban J connectivity index is 1.58. The highest BCUT2D eigenvalue weighted by molar-refractivity contribution is 5.42. The van der Waals surface area contributed by atoms with Gasteiger partial charge in [-0.05, 0) is 55.4 Å². The largest absolute Gasteiger partial charge is 0.367 e. The van der Waals surface area contributed by atoms with Crippen LogP contribution < -0.4 is 5.32 Å². The van der Waals surface area contributed by atoms with Gasteiger partial charge in [0.25, 0.3) is 0 Å². The lowest BCUT2D eigenvalue weighted by Crippen LogP contribution is -2.41. The molecule has 0 saturated carbocycles. The smallest absolute Gasteiger partial charge is 0.200 e. The molecule has 0 bridgehead atoms. The van der Waals surface area contributed by atoms with E-state index in [4.69, 9.17) is 0 Å². The van der Waals surface area contributed by atoms with Crippen molar-refractivity contribution in [3.05, 3.63) is 12.1 Å². The molecule has 1 N–H and O–H groups in total. The molecule has 3 rings (SSSR count). The molecule has 2 aromatic heterocycles. The summed E-state index contributed by atoms with van der Waals surface area (Å²) in [6, 6.07) is 4.29. The van der Waals surface area contributed by atoms with Crippen LogP contribution in [0.15, 0.2) is 12.1 Å². The minimum Gasteiger partial charge on any atom is -0.367 e. The van der Waals surface area contributed by atoms with Gasteiger partial charge in [-0.3, -0.25) is 4.90 Å². The van der Waals surface area contributed by atoms with Crippen molar-refractivity contribution in [2.45, 2.75) is 32.2 Å². The van der Waals surface area contributed by atoms with Crippen LogP contribution in [-0.2, 0) is 0 Å². The van der Waals surface area contributed by atoms with Crippen LogP contribution in [0.2, 0.25) is 0 Å². The zero-order valence-corrected chi connectivity index (χ0v) is 11.2. The van der Waals surface area contributed by atoms with Crippen molar-refractivity contribution in [2.75, 3.05) is 25.0 Å². The summed E-state index contributed by atoms with van der Waals surface area (Å²) in [5.41, 5.74) is 0.662. The van der Waals surface area contributed by atoms with Crippen molar-refractivity contribution in [1.29, 1.82) is 0 Å². The van der Waals surface area contributed by atoms with Gasteiger partial charge in [-0.1, -0.05) is 6.42 Å². The number of likely N-dealkylation sites (tertiary alicyclic amines) is 1. The molecule has 0 amide bonds. The first-order valence-electron chi connectivity index (χ1n) is 6.86. The van der Waals surface area contributed by atoms with Crippen molar-refractivity contribution in [2.24, 2.45) is 0 Å². The number of hydrogen-bond acceptors (Lipinski definition) is 6. The van der Waals surface area contributed by atoms with Gasteiger partial charge in [0.05, 0.1) is 0 Å². The number of piperidine rings is 1. The minimum absolute atomic E-state index is 0.520. The molecule has 2 aromatic rings. The SMILES string of the molecule is CC(CNc1ccc2nnnn2n1)N1CCCCC1. The monoisotopic (exact) mass is 261 g/mol. The van der Waals surface area contributed by atoms with Crippen molar-refractivity contribution in [1.82, 2.24) is 30.2 Å². The summed E-state index contributed by atoms with van der Waals surface area (Å²) in [5, 5.41) is 18.9. The van der Waals surface area contributed by atoms with Crippen LogP contribution in [-0.4, -0.2) is 55.8 Å². The number of tetrazole rings is 1. The number of nitrogens with zero attached hydrogens (tertiary/aromatic N) is 6. The molecule has 1 atom stereocenters. The van der Waals surface area contributed by atoms with Gasteiger partial charge in [-0.2, -0.15) is 0 Å². The Hall–Kier alpha value is -1.76. The van der Waals surface area contributed by atoms with E-state index in [1.807, 2.05) is 12.1 Å². The van der Waals surface area contributed by atoms with Crippen LogP contribution in [0.5, 0.6) is 0 Å². The van der Waals surface area contributed by atoms with Gasteiger partial charge in [-0.15, -0.1) is 14.8 Å². The Kier molecular flexibility index (Phi) is 3.54. The lowest BCUT2D eigenvalue weighted by molar-refractivity contribution is 0.180. The summed E-state index contributed by atoms with van der Waals surface area (Å²) in [5.74, 6) is 0.809. The summed E-state index contributed by atoms with van der Waals surface area (Å²) in [7, 11) is 0. The molecule has 0 spiro atoms. The molecule has 0 radical (unpaired) electrons. The Labute approximate surface area is 112 Å². The maximum atomic E-state index is 4.30. The molecule has 19 heavy (non-hydrogen) atoms. The van der Waals surface area contributed by atoms with E-state index >= 15 is 0 Å². The van der Waals surface area contributed by atoms with E-state index in [-0.39, 0.29) is 0 Å². The number of fused-ring (bicyclic) bond motifs is 1. The molecule has 1 aliphatic rings. The van der Waals surface area contributed by atoms with Gasteiger partial charge in [0, 0.05) is 12.6 Å². The number of anilines is 1. The molecular weight excluding hydrogens is 242 g/mol. The fourth-order valence-corrected chi connectivity index (χ4v) is 2.48. The molecule has 0 aromatic carbocycles.